The monoisotopic (exact) mass is 329 g/mol. The van der Waals surface area contributed by atoms with Crippen LogP contribution in [-0.4, -0.2) is 54.5 Å². The molecule has 2 aliphatic rings. The number of nitrogens with zero attached hydrogens (tertiary/aromatic N) is 2. The Morgan fingerprint density at radius 3 is 2.42 bits per heavy atom. The quantitative estimate of drug-likeness (QED) is 0.900. The summed E-state index contributed by atoms with van der Waals surface area (Å²) in [7, 11) is 0. The maximum absolute atomic E-state index is 12.7. The minimum Gasteiger partial charge on any atom is -0.341 e. The zero-order valence-corrected chi connectivity index (χ0v) is 14.9. The largest absolute Gasteiger partial charge is 0.341 e. The fourth-order valence-electron chi connectivity index (χ4n) is 4.14. The number of piperidine rings is 1. The van der Waals surface area contributed by atoms with Gasteiger partial charge in [-0.15, -0.1) is 0 Å². The van der Waals surface area contributed by atoms with Crippen LogP contribution in [0, 0.1) is 11.8 Å². The van der Waals surface area contributed by atoms with Crippen molar-refractivity contribution in [2.24, 2.45) is 17.6 Å². The molecular weight excluding hydrogens is 298 g/mol. The number of hydrogen-bond acceptors (Lipinski definition) is 3. The van der Waals surface area contributed by atoms with Crippen molar-refractivity contribution in [3.8, 4) is 0 Å². The van der Waals surface area contributed by atoms with Gasteiger partial charge < -0.3 is 10.6 Å². The van der Waals surface area contributed by atoms with Gasteiger partial charge in [-0.3, -0.25) is 9.69 Å². The number of rotatable bonds is 5. The number of hydrogen-bond donors (Lipinski definition) is 1. The molecule has 24 heavy (non-hydrogen) atoms. The molecule has 2 heterocycles. The van der Waals surface area contributed by atoms with E-state index in [-0.39, 0.29) is 6.04 Å². The van der Waals surface area contributed by atoms with Crippen LogP contribution < -0.4 is 5.73 Å². The molecule has 1 amide bonds. The molecule has 2 fully saturated rings. The fraction of sp³-hybridized carbons (Fsp3) is 0.650. The highest BCUT2D eigenvalue weighted by atomic mass is 16.2. The highest BCUT2D eigenvalue weighted by Crippen LogP contribution is 2.24. The second kappa shape index (κ2) is 8.13. The second-order valence-electron chi connectivity index (χ2n) is 7.52. The Balaban J connectivity index is 1.46. The molecule has 1 aromatic rings. The molecule has 0 saturated carbocycles. The van der Waals surface area contributed by atoms with Crippen LogP contribution in [0.4, 0.5) is 0 Å². The van der Waals surface area contributed by atoms with Crippen molar-refractivity contribution in [2.45, 2.75) is 38.6 Å². The van der Waals surface area contributed by atoms with Gasteiger partial charge in [0.1, 0.15) is 0 Å². The normalized spacial score (nSPS) is 24.2. The number of likely N-dealkylation sites (tertiary alicyclic amines) is 2. The summed E-state index contributed by atoms with van der Waals surface area (Å²) >= 11 is 0. The Morgan fingerprint density at radius 2 is 1.79 bits per heavy atom. The first-order valence-corrected chi connectivity index (χ1v) is 9.44. The number of benzene rings is 1. The molecule has 1 aromatic carbocycles. The highest BCUT2D eigenvalue weighted by molar-refractivity contribution is 5.81. The van der Waals surface area contributed by atoms with E-state index in [1.807, 2.05) is 4.90 Å². The Hall–Kier alpha value is -1.39. The highest BCUT2D eigenvalue weighted by Gasteiger charge is 2.32. The average molecular weight is 329 g/mol. The summed E-state index contributed by atoms with van der Waals surface area (Å²) in [6.07, 6.45) is 4.62. The SMILES string of the molecule is CC(C(=O)N1CCC(CN)C1)N1CCC(Cc2ccccc2)CC1. The zero-order valence-electron chi connectivity index (χ0n) is 14.9. The summed E-state index contributed by atoms with van der Waals surface area (Å²) < 4.78 is 0. The second-order valence-corrected chi connectivity index (χ2v) is 7.52. The zero-order chi connectivity index (χ0) is 16.9. The van der Waals surface area contributed by atoms with E-state index in [1.165, 1.54) is 24.8 Å². The Labute approximate surface area is 146 Å². The van der Waals surface area contributed by atoms with Gasteiger partial charge in [0, 0.05) is 13.1 Å². The molecule has 4 heteroatoms. The van der Waals surface area contributed by atoms with Crippen LogP contribution in [0.2, 0.25) is 0 Å². The minimum absolute atomic E-state index is 0.0131. The van der Waals surface area contributed by atoms with Crippen LogP contribution in [0.25, 0.3) is 0 Å². The smallest absolute Gasteiger partial charge is 0.239 e. The molecule has 0 bridgehead atoms. The number of amides is 1. The molecule has 4 nitrogen and oxygen atoms in total. The topological polar surface area (TPSA) is 49.6 Å². The summed E-state index contributed by atoms with van der Waals surface area (Å²) in [5, 5.41) is 0. The van der Waals surface area contributed by atoms with E-state index in [2.05, 4.69) is 42.2 Å². The maximum atomic E-state index is 12.7. The van der Waals surface area contributed by atoms with Crippen LogP contribution in [0.3, 0.4) is 0 Å². The Kier molecular flexibility index (Phi) is 5.90. The lowest BCUT2D eigenvalue weighted by molar-refractivity contribution is -0.136. The van der Waals surface area contributed by atoms with E-state index >= 15 is 0 Å². The standard InChI is InChI=1S/C20H31N3O/c1-16(20(24)23-12-9-19(14-21)15-23)22-10-7-18(8-11-22)13-17-5-3-2-4-6-17/h2-6,16,18-19H,7-15,21H2,1H3. The lowest BCUT2D eigenvalue weighted by Gasteiger charge is -2.36. The number of carbonyl (C=O) groups is 1. The van der Waals surface area contributed by atoms with Gasteiger partial charge in [-0.1, -0.05) is 30.3 Å². The lowest BCUT2D eigenvalue weighted by Crippen LogP contribution is -2.49. The third-order valence-electron chi connectivity index (χ3n) is 5.85. The number of nitrogens with two attached hydrogens (primary N) is 1. The van der Waals surface area contributed by atoms with Crippen molar-refractivity contribution in [2.75, 3.05) is 32.7 Å². The van der Waals surface area contributed by atoms with E-state index in [4.69, 9.17) is 5.73 Å². The van der Waals surface area contributed by atoms with Gasteiger partial charge in [-0.25, -0.2) is 0 Å². The summed E-state index contributed by atoms with van der Waals surface area (Å²) in [6, 6.07) is 10.8. The van der Waals surface area contributed by atoms with Gasteiger partial charge in [0.15, 0.2) is 0 Å². The van der Waals surface area contributed by atoms with Gasteiger partial charge in [0.05, 0.1) is 6.04 Å². The molecule has 2 unspecified atom stereocenters. The molecule has 2 N–H and O–H groups in total. The molecule has 2 aliphatic heterocycles. The predicted molar refractivity (Wildman–Crippen MR) is 97.6 cm³/mol. The Morgan fingerprint density at radius 1 is 1.12 bits per heavy atom. The van der Waals surface area contributed by atoms with Crippen molar-refractivity contribution < 1.29 is 4.79 Å². The third-order valence-corrected chi connectivity index (χ3v) is 5.85. The molecule has 0 radical (unpaired) electrons. The summed E-state index contributed by atoms with van der Waals surface area (Å²) in [6.45, 7) is 6.59. The van der Waals surface area contributed by atoms with Gasteiger partial charge >= 0.3 is 0 Å². The van der Waals surface area contributed by atoms with Crippen molar-refractivity contribution in [1.29, 1.82) is 0 Å². The van der Waals surface area contributed by atoms with Crippen molar-refractivity contribution in [3.05, 3.63) is 35.9 Å². The maximum Gasteiger partial charge on any atom is 0.239 e. The van der Waals surface area contributed by atoms with Crippen LogP contribution >= 0.6 is 0 Å². The van der Waals surface area contributed by atoms with Crippen LogP contribution in [0.1, 0.15) is 31.7 Å². The van der Waals surface area contributed by atoms with Crippen LogP contribution in [-0.2, 0) is 11.2 Å². The third kappa shape index (κ3) is 4.17. The van der Waals surface area contributed by atoms with Crippen molar-refractivity contribution in [1.82, 2.24) is 9.80 Å². The fourth-order valence-corrected chi connectivity index (χ4v) is 4.14. The van der Waals surface area contributed by atoms with E-state index < -0.39 is 0 Å². The molecule has 3 rings (SSSR count). The van der Waals surface area contributed by atoms with Crippen LogP contribution in [0.15, 0.2) is 30.3 Å². The Bertz CT molecular complexity index is 525. The first-order chi connectivity index (χ1) is 11.7. The lowest BCUT2D eigenvalue weighted by atomic mass is 9.89. The summed E-state index contributed by atoms with van der Waals surface area (Å²) in [5.74, 6) is 1.55. The first kappa shape index (κ1) is 17.4. The van der Waals surface area contributed by atoms with E-state index in [1.54, 1.807) is 0 Å². The van der Waals surface area contributed by atoms with Gasteiger partial charge in [-0.2, -0.15) is 0 Å². The molecular formula is C20H31N3O. The summed E-state index contributed by atoms with van der Waals surface area (Å²) in [4.78, 5) is 17.1. The van der Waals surface area contributed by atoms with E-state index in [0.717, 1.165) is 38.5 Å². The average Bonchev–Trinajstić information content (AvgIpc) is 3.11. The first-order valence-electron chi connectivity index (χ1n) is 9.44. The van der Waals surface area contributed by atoms with Crippen molar-refractivity contribution in [3.63, 3.8) is 0 Å². The molecule has 2 saturated heterocycles. The summed E-state index contributed by atoms with van der Waals surface area (Å²) in [5.41, 5.74) is 7.18. The molecule has 132 valence electrons. The van der Waals surface area contributed by atoms with E-state index in [0.29, 0.717) is 18.4 Å². The molecule has 0 aliphatic carbocycles. The molecule has 0 spiro atoms. The van der Waals surface area contributed by atoms with Gasteiger partial charge in [0.2, 0.25) is 5.91 Å². The number of carbonyl (C=O) groups excluding carboxylic acids is 1. The van der Waals surface area contributed by atoms with Crippen LogP contribution in [0.5, 0.6) is 0 Å². The molecule has 0 aromatic heterocycles. The van der Waals surface area contributed by atoms with Gasteiger partial charge in [0.25, 0.3) is 0 Å². The van der Waals surface area contributed by atoms with Crippen molar-refractivity contribution >= 4 is 5.91 Å². The minimum atomic E-state index is 0.0131. The van der Waals surface area contributed by atoms with Gasteiger partial charge in [-0.05, 0) is 69.6 Å². The van der Waals surface area contributed by atoms with E-state index in [9.17, 15) is 4.79 Å². The molecule has 2 atom stereocenters. The predicted octanol–water partition coefficient (Wildman–Crippen LogP) is 2.14.